The molecule has 0 fully saturated rings. The van der Waals surface area contributed by atoms with Crippen LogP contribution in [-0.4, -0.2) is 38.9 Å². The van der Waals surface area contributed by atoms with Crippen LogP contribution in [0, 0.1) is 34.1 Å². The minimum atomic E-state index is -0.519. The summed E-state index contributed by atoms with van der Waals surface area (Å²) in [5.41, 5.74) is 8.39. The van der Waals surface area contributed by atoms with E-state index >= 15 is 0 Å². The van der Waals surface area contributed by atoms with Crippen molar-refractivity contribution >= 4 is 22.9 Å². The molecule has 0 spiro atoms. The summed E-state index contributed by atoms with van der Waals surface area (Å²) in [4.78, 5) is 35.0. The Kier molecular flexibility index (Phi) is 4.89. The summed E-state index contributed by atoms with van der Waals surface area (Å²) in [6, 6.07) is 4.71. The van der Waals surface area contributed by atoms with E-state index in [1.165, 1.54) is 6.20 Å². The van der Waals surface area contributed by atoms with Gasteiger partial charge in [-0.05, 0) is 37.0 Å². The second-order valence-corrected chi connectivity index (χ2v) is 6.67. The Balaban J connectivity index is 2.27. The molecule has 11 nitrogen and oxygen atoms in total. The first kappa shape index (κ1) is 19.7. The maximum absolute atomic E-state index is 11.8. The summed E-state index contributed by atoms with van der Waals surface area (Å²) in [6.45, 7) is 3.31. The van der Waals surface area contributed by atoms with Crippen LogP contribution in [0.3, 0.4) is 0 Å². The lowest BCUT2D eigenvalue weighted by Crippen LogP contribution is -2.13. The number of nitrogens with zero attached hydrogens (tertiary/aromatic N) is 5. The highest BCUT2D eigenvalue weighted by Gasteiger charge is 2.28. The number of aromatic amines is 1. The molecular formula is C18H19N7O4. The van der Waals surface area contributed by atoms with Gasteiger partial charge in [0.25, 0.3) is 0 Å². The molecule has 150 valence electrons. The zero-order valence-corrected chi connectivity index (χ0v) is 16.3. The van der Waals surface area contributed by atoms with Gasteiger partial charge in [0.15, 0.2) is 5.82 Å². The molecule has 0 radical (unpaired) electrons. The number of anilines is 2. The molecule has 1 aromatic carbocycles. The van der Waals surface area contributed by atoms with E-state index in [1.54, 1.807) is 51.0 Å². The Bertz CT molecular complexity index is 1140. The third-order valence-corrected chi connectivity index (χ3v) is 4.58. The predicted octanol–water partition coefficient (Wildman–Crippen LogP) is 3.22. The summed E-state index contributed by atoms with van der Waals surface area (Å²) in [5, 5.41) is 23.0. The van der Waals surface area contributed by atoms with Gasteiger partial charge >= 0.3 is 11.5 Å². The lowest BCUT2D eigenvalue weighted by Gasteiger charge is -2.16. The first-order valence-electron chi connectivity index (χ1n) is 8.55. The van der Waals surface area contributed by atoms with Crippen LogP contribution in [-0.2, 0) is 0 Å². The van der Waals surface area contributed by atoms with Crippen LogP contribution in [0.1, 0.15) is 11.3 Å². The van der Waals surface area contributed by atoms with Crippen LogP contribution in [0.2, 0.25) is 0 Å². The number of nitrogens with one attached hydrogen (secondary N) is 1. The highest BCUT2D eigenvalue weighted by Crippen LogP contribution is 2.41. The molecule has 29 heavy (non-hydrogen) atoms. The number of nitrogen functional groups attached to an aromatic ring is 1. The fourth-order valence-electron chi connectivity index (χ4n) is 3.30. The van der Waals surface area contributed by atoms with Crippen LogP contribution in [0.25, 0.3) is 22.6 Å². The lowest BCUT2D eigenvalue weighted by atomic mass is 10.1. The van der Waals surface area contributed by atoms with Gasteiger partial charge in [-0.25, -0.2) is 15.0 Å². The summed E-state index contributed by atoms with van der Waals surface area (Å²) in [6.07, 6.45) is 1.45. The van der Waals surface area contributed by atoms with Crippen molar-refractivity contribution in [2.75, 3.05) is 24.7 Å². The Morgan fingerprint density at radius 2 is 1.76 bits per heavy atom. The van der Waals surface area contributed by atoms with Crippen molar-refractivity contribution in [3.63, 3.8) is 0 Å². The van der Waals surface area contributed by atoms with Gasteiger partial charge in [0, 0.05) is 26.0 Å². The van der Waals surface area contributed by atoms with Crippen LogP contribution < -0.4 is 10.6 Å². The van der Waals surface area contributed by atoms with Crippen molar-refractivity contribution in [1.29, 1.82) is 0 Å². The van der Waals surface area contributed by atoms with Crippen LogP contribution in [0.15, 0.2) is 24.4 Å². The molecule has 3 N–H and O–H groups in total. The first-order chi connectivity index (χ1) is 13.6. The van der Waals surface area contributed by atoms with Gasteiger partial charge < -0.3 is 20.7 Å². The van der Waals surface area contributed by atoms with Crippen molar-refractivity contribution in [1.82, 2.24) is 15.0 Å². The standard InChI is InChI=1S/C18H19N7O4/c1-9-14(10(2)21-18(9)25(28)29)12-7-8-20-17(22-12)15-11(19)5-6-13(23(3)4)16(15)24(26)27/h5-8,21H,19H2,1-4H3. The largest absolute Gasteiger partial charge is 0.398 e. The average molecular weight is 397 g/mol. The van der Waals surface area contributed by atoms with Crippen molar-refractivity contribution < 1.29 is 9.85 Å². The number of aryl methyl sites for hydroxylation is 1. The van der Waals surface area contributed by atoms with Gasteiger partial charge in [0.1, 0.15) is 16.9 Å². The number of hydrogen-bond donors (Lipinski definition) is 2. The number of nitro benzene ring substituents is 1. The number of benzene rings is 1. The second kappa shape index (κ2) is 7.19. The quantitative estimate of drug-likeness (QED) is 0.377. The van der Waals surface area contributed by atoms with Crippen molar-refractivity contribution in [3.8, 4) is 22.6 Å². The smallest absolute Gasteiger partial charge is 0.324 e. The molecule has 3 rings (SSSR count). The zero-order valence-electron chi connectivity index (χ0n) is 16.3. The van der Waals surface area contributed by atoms with E-state index in [1.807, 2.05) is 0 Å². The number of nitrogens with two attached hydrogens (primary N) is 1. The van der Waals surface area contributed by atoms with Crippen molar-refractivity contribution in [2.45, 2.75) is 13.8 Å². The summed E-state index contributed by atoms with van der Waals surface area (Å²) in [7, 11) is 3.37. The van der Waals surface area contributed by atoms with Crippen molar-refractivity contribution in [2.24, 2.45) is 0 Å². The van der Waals surface area contributed by atoms with Crippen LogP contribution in [0.5, 0.6) is 0 Å². The van der Waals surface area contributed by atoms with Gasteiger partial charge in [-0.2, -0.15) is 0 Å². The van der Waals surface area contributed by atoms with Crippen molar-refractivity contribution in [3.05, 3.63) is 55.9 Å². The molecule has 0 bridgehead atoms. The summed E-state index contributed by atoms with van der Waals surface area (Å²) in [5.74, 6) is -0.0594. The van der Waals surface area contributed by atoms with E-state index in [-0.39, 0.29) is 28.6 Å². The Morgan fingerprint density at radius 3 is 2.31 bits per heavy atom. The Morgan fingerprint density at radius 1 is 1.07 bits per heavy atom. The molecule has 0 aliphatic rings. The lowest BCUT2D eigenvalue weighted by molar-refractivity contribution is -0.389. The number of nitro groups is 2. The number of H-pyrrole nitrogens is 1. The highest BCUT2D eigenvalue weighted by atomic mass is 16.6. The van der Waals surface area contributed by atoms with Crippen LogP contribution in [0.4, 0.5) is 22.9 Å². The zero-order chi connectivity index (χ0) is 21.5. The summed E-state index contributed by atoms with van der Waals surface area (Å²) < 4.78 is 0. The third-order valence-electron chi connectivity index (χ3n) is 4.58. The molecule has 2 aromatic heterocycles. The number of hydrogen-bond acceptors (Lipinski definition) is 8. The normalized spacial score (nSPS) is 10.8. The molecule has 0 saturated heterocycles. The second-order valence-electron chi connectivity index (χ2n) is 6.67. The molecule has 0 unspecified atom stereocenters. The fourth-order valence-corrected chi connectivity index (χ4v) is 3.30. The molecule has 0 atom stereocenters. The average Bonchev–Trinajstić information content (AvgIpc) is 2.95. The van der Waals surface area contributed by atoms with Gasteiger partial charge in [-0.1, -0.05) is 0 Å². The van der Waals surface area contributed by atoms with E-state index in [2.05, 4.69) is 15.0 Å². The maximum Gasteiger partial charge on any atom is 0.324 e. The molecular weight excluding hydrogens is 378 g/mol. The van der Waals surface area contributed by atoms with Gasteiger partial charge in [0.2, 0.25) is 0 Å². The molecule has 0 aliphatic heterocycles. The maximum atomic E-state index is 11.8. The minimum absolute atomic E-state index is 0.0676. The van der Waals surface area contributed by atoms with E-state index in [0.29, 0.717) is 28.2 Å². The Hall–Kier alpha value is -4.02. The number of aromatic nitrogens is 3. The summed E-state index contributed by atoms with van der Waals surface area (Å²) >= 11 is 0. The molecule has 0 saturated carbocycles. The van der Waals surface area contributed by atoms with Gasteiger partial charge in [-0.15, -0.1) is 0 Å². The Labute approximate surface area is 165 Å². The van der Waals surface area contributed by atoms with Gasteiger partial charge in [-0.3, -0.25) is 10.1 Å². The van der Waals surface area contributed by atoms with E-state index < -0.39 is 9.85 Å². The fraction of sp³-hybridized carbons (Fsp3) is 0.222. The monoisotopic (exact) mass is 397 g/mol. The molecule has 2 heterocycles. The minimum Gasteiger partial charge on any atom is -0.398 e. The number of rotatable bonds is 5. The van der Waals surface area contributed by atoms with E-state index in [4.69, 9.17) is 5.73 Å². The molecule has 3 aromatic rings. The molecule has 0 amide bonds. The van der Waals surface area contributed by atoms with E-state index in [0.717, 1.165) is 0 Å². The molecule has 11 heteroatoms. The van der Waals surface area contributed by atoms with Gasteiger partial charge in [0.05, 0.1) is 21.7 Å². The first-order valence-corrected chi connectivity index (χ1v) is 8.55. The molecule has 0 aliphatic carbocycles. The topological polar surface area (TPSA) is 157 Å². The SMILES string of the molecule is Cc1[nH]c([N+](=O)[O-])c(C)c1-c1ccnc(-c2c(N)ccc(N(C)C)c2[N+](=O)[O-])n1. The van der Waals surface area contributed by atoms with Crippen LogP contribution >= 0.6 is 0 Å². The predicted molar refractivity (Wildman–Crippen MR) is 109 cm³/mol. The third kappa shape index (κ3) is 3.33. The van der Waals surface area contributed by atoms with E-state index in [9.17, 15) is 20.2 Å². The highest BCUT2D eigenvalue weighted by molar-refractivity contribution is 5.89.